The van der Waals surface area contributed by atoms with Crippen molar-refractivity contribution in [1.82, 2.24) is 0 Å². The molecule has 0 aromatic carbocycles. The zero-order chi connectivity index (χ0) is 17.7. The maximum absolute atomic E-state index is 10.1. The Hall–Kier alpha value is -1.06. The summed E-state index contributed by atoms with van der Waals surface area (Å²) in [6.07, 6.45) is 14.4. The number of hydrogen-bond donors (Lipinski definition) is 1. The number of rotatable bonds is 1. The highest BCUT2D eigenvalue weighted by atomic mass is 16.6. The van der Waals surface area contributed by atoms with Gasteiger partial charge < -0.3 is 14.3 Å². The summed E-state index contributed by atoms with van der Waals surface area (Å²) in [4.78, 5) is 0. The summed E-state index contributed by atoms with van der Waals surface area (Å²) in [5, 5.41) is 10.1. The summed E-state index contributed by atoms with van der Waals surface area (Å²) in [7, 11) is 0. The Morgan fingerprint density at radius 3 is 2.81 bits per heavy atom. The fourth-order valence-corrected chi connectivity index (χ4v) is 8.12. The van der Waals surface area contributed by atoms with E-state index in [1.54, 1.807) is 5.57 Å². The van der Waals surface area contributed by atoms with Crippen LogP contribution in [0, 0.1) is 22.7 Å². The molecule has 3 heteroatoms. The molecule has 6 rings (SSSR count). The van der Waals surface area contributed by atoms with E-state index in [4.69, 9.17) is 9.15 Å². The van der Waals surface area contributed by atoms with Crippen LogP contribution in [0.1, 0.15) is 70.3 Å². The van der Waals surface area contributed by atoms with Crippen LogP contribution in [0.3, 0.4) is 0 Å². The van der Waals surface area contributed by atoms with Gasteiger partial charge in [-0.15, -0.1) is 0 Å². The number of ether oxygens (including phenoxy) is 1. The lowest BCUT2D eigenvalue weighted by atomic mass is 9.46. The van der Waals surface area contributed by atoms with Gasteiger partial charge in [0.25, 0.3) is 0 Å². The molecule has 140 valence electrons. The monoisotopic (exact) mass is 354 g/mol. The molecule has 1 N–H and O–H groups in total. The molecule has 3 unspecified atom stereocenters. The molecular formula is C23H30O3. The van der Waals surface area contributed by atoms with Gasteiger partial charge in [-0.1, -0.05) is 25.5 Å². The lowest BCUT2D eigenvalue weighted by Crippen LogP contribution is -2.56. The Bertz CT molecular complexity index is 766. The highest BCUT2D eigenvalue weighted by Gasteiger charge is 2.80. The van der Waals surface area contributed by atoms with Gasteiger partial charge >= 0.3 is 0 Å². The number of aliphatic hydroxyl groups is 1. The van der Waals surface area contributed by atoms with Crippen LogP contribution in [-0.2, 0) is 4.74 Å². The molecule has 1 saturated heterocycles. The number of hydrogen-bond acceptors (Lipinski definition) is 3. The maximum atomic E-state index is 10.1. The topological polar surface area (TPSA) is 45.9 Å². The average molecular weight is 354 g/mol. The van der Waals surface area contributed by atoms with Crippen molar-refractivity contribution < 1.29 is 14.3 Å². The van der Waals surface area contributed by atoms with Crippen LogP contribution in [0.4, 0.5) is 0 Å². The molecule has 1 aliphatic heterocycles. The van der Waals surface area contributed by atoms with Crippen molar-refractivity contribution >= 4 is 0 Å². The van der Waals surface area contributed by atoms with Crippen molar-refractivity contribution in [2.75, 3.05) is 0 Å². The first-order valence-electron chi connectivity index (χ1n) is 10.6. The first kappa shape index (κ1) is 15.9. The van der Waals surface area contributed by atoms with Crippen LogP contribution >= 0.6 is 0 Å². The Morgan fingerprint density at radius 1 is 1.12 bits per heavy atom. The van der Waals surface area contributed by atoms with E-state index in [0.717, 1.165) is 31.6 Å². The summed E-state index contributed by atoms with van der Waals surface area (Å²) >= 11 is 0. The van der Waals surface area contributed by atoms with E-state index in [-0.39, 0.29) is 22.5 Å². The molecule has 1 aromatic rings. The number of aliphatic hydroxyl groups excluding tert-OH is 1. The van der Waals surface area contributed by atoms with Gasteiger partial charge in [-0.05, 0) is 79.7 Å². The minimum atomic E-state index is -0.219. The van der Waals surface area contributed by atoms with Crippen LogP contribution in [-0.4, -0.2) is 22.9 Å². The minimum Gasteiger partial charge on any atom is -0.472 e. The van der Waals surface area contributed by atoms with E-state index in [0.29, 0.717) is 17.9 Å². The van der Waals surface area contributed by atoms with Crippen molar-refractivity contribution in [3.05, 3.63) is 35.8 Å². The predicted octanol–water partition coefficient (Wildman–Crippen LogP) is 4.82. The van der Waals surface area contributed by atoms with E-state index in [1.807, 2.05) is 12.5 Å². The molecule has 8 atom stereocenters. The molecule has 1 aromatic heterocycles. The Morgan fingerprint density at radius 2 is 2.00 bits per heavy atom. The van der Waals surface area contributed by atoms with E-state index in [9.17, 15) is 5.11 Å². The number of fused-ring (bicyclic) bond motifs is 3. The van der Waals surface area contributed by atoms with E-state index in [2.05, 4.69) is 26.0 Å². The number of allylic oxidation sites excluding steroid dienone is 1. The van der Waals surface area contributed by atoms with E-state index < -0.39 is 0 Å². The van der Waals surface area contributed by atoms with E-state index >= 15 is 0 Å². The molecule has 2 heterocycles. The zero-order valence-corrected chi connectivity index (χ0v) is 15.9. The van der Waals surface area contributed by atoms with E-state index in [1.165, 1.54) is 24.8 Å². The zero-order valence-electron chi connectivity index (χ0n) is 15.9. The van der Waals surface area contributed by atoms with Crippen molar-refractivity contribution in [3.8, 4) is 0 Å². The van der Waals surface area contributed by atoms with Crippen LogP contribution in [0.5, 0.6) is 0 Å². The first-order valence-corrected chi connectivity index (χ1v) is 10.6. The summed E-state index contributed by atoms with van der Waals surface area (Å²) in [6.45, 7) is 4.99. The van der Waals surface area contributed by atoms with Crippen LogP contribution < -0.4 is 0 Å². The maximum Gasteiger partial charge on any atom is 0.104 e. The molecule has 5 aliphatic rings. The van der Waals surface area contributed by atoms with Crippen LogP contribution in [0.2, 0.25) is 0 Å². The van der Waals surface area contributed by atoms with Crippen LogP contribution in [0.25, 0.3) is 0 Å². The van der Waals surface area contributed by atoms with Gasteiger partial charge in [-0.3, -0.25) is 0 Å². The molecule has 3 saturated carbocycles. The summed E-state index contributed by atoms with van der Waals surface area (Å²) in [6, 6.07) is 2.17. The SMILES string of the molecule is C[C@]12CCC(O)C=C1CC[C@@H]1[C@H]2CC[C@]2(C)C(c3ccoc3)CC3O[C@]312. The van der Waals surface area contributed by atoms with Gasteiger partial charge in [-0.25, -0.2) is 0 Å². The summed E-state index contributed by atoms with van der Waals surface area (Å²) < 4.78 is 12.0. The Kier molecular flexibility index (Phi) is 2.98. The highest BCUT2D eigenvalue weighted by molar-refractivity contribution is 5.37. The lowest BCUT2D eigenvalue weighted by Gasteiger charge is -2.58. The van der Waals surface area contributed by atoms with Gasteiger partial charge in [0, 0.05) is 5.41 Å². The fourth-order valence-electron chi connectivity index (χ4n) is 8.12. The van der Waals surface area contributed by atoms with Crippen molar-refractivity contribution in [2.24, 2.45) is 22.7 Å². The number of epoxide rings is 1. The average Bonchev–Trinajstić information content (AvgIpc) is 2.99. The quantitative estimate of drug-likeness (QED) is 0.581. The minimum absolute atomic E-state index is 0.0997. The largest absolute Gasteiger partial charge is 0.472 e. The second kappa shape index (κ2) is 4.86. The second-order valence-corrected chi connectivity index (χ2v) is 10.2. The molecule has 26 heavy (non-hydrogen) atoms. The molecule has 0 radical (unpaired) electrons. The highest BCUT2D eigenvalue weighted by Crippen LogP contribution is 2.77. The normalized spacial score (nSPS) is 54.6. The molecule has 0 bridgehead atoms. The molecule has 3 nitrogen and oxygen atoms in total. The van der Waals surface area contributed by atoms with Crippen LogP contribution in [0.15, 0.2) is 34.7 Å². The summed E-state index contributed by atoms with van der Waals surface area (Å²) in [5.41, 5.74) is 3.54. The lowest BCUT2D eigenvalue weighted by molar-refractivity contribution is -0.0819. The van der Waals surface area contributed by atoms with Gasteiger partial charge in [0.05, 0.1) is 24.7 Å². The van der Waals surface area contributed by atoms with Crippen molar-refractivity contribution in [3.63, 3.8) is 0 Å². The molecule has 4 fully saturated rings. The third kappa shape index (κ3) is 1.69. The van der Waals surface area contributed by atoms with Gasteiger partial charge in [0.15, 0.2) is 0 Å². The van der Waals surface area contributed by atoms with Crippen molar-refractivity contribution in [2.45, 2.75) is 82.5 Å². The molecule has 4 aliphatic carbocycles. The van der Waals surface area contributed by atoms with Gasteiger partial charge in [0.1, 0.15) is 5.60 Å². The Balaban J connectivity index is 1.39. The third-order valence-corrected chi connectivity index (χ3v) is 9.46. The first-order chi connectivity index (χ1) is 12.5. The molecule has 1 spiro atoms. The Labute approximate surface area is 155 Å². The van der Waals surface area contributed by atoms with Crippen molar-refractivity contribution in [1.29, 1.82) is 0 Å². The standard InChI is InChI=1S/C23H30O3/c1-21-8-5-16(24)11-15(21)3-4-18-17(21)6-9-22(2)19(14-7-10-25-13-14)12-20-23(18,22)26-20/h7,10-11,13,16-20,24H,3-6,8-9,12H2,1-2H3/t16?,17-,18-,19?,20?,21+,22-,23+/m1/s1. The van der Waals surface area contributed by atoms with Gasteiger partial charge in [0.2, 0.25) is 0 Å². The smallest absolute Gasteiger partial charge is 0.104 e. The molecule has 0 amide bonds. The second-order valence-electron chi connectivity index (χ2n) is 10.2. The van der Waals surface area contributed by atoms with Gasteiger partial charge in [-0.2, -0.15) is 0 Å². The third-order valence-electron chi connectivity index (χ3n) is 9.46. The summed E-state index contributed by atoms with van der Waals surface area (Å²) in [5.74, 6) is 1.98. The predicted molar refractivity (Wildman–Crippen MR) is 98.7 cm³/mol. The number of furan rings is 1. The molecular weight excluding hydrogens is 324 g/mol. The fraction of sp³-hybridized carbons (Fsp3) is 0.739.